The van der Waals surface area contributed by atoms with Crippen molar-refractivity contribution in [1.29, 1.82) is 0 Å². The molecular weight excluding hydrogens is 275 g/mol. The summed E-state index contributed by atoms with van der Waals surface area (Å²) < 4.78 is 38.3. The molecule has 0 aromatic heterocycles. The van der Waals surface area contributed by atoms with Crippen LogP contribution in [0.25, 0.3) is 0 Å². The lowest BCUT2D eigenvalue weighted by Crippen LogP contribution is -2.57. The van der Waals surface area contributed by atoms with Crippen molar-refractivity contribution < 1.29 is 18.1 Å². The van der Waals surface area contributed by atoms with Crippen LogP contribution in [0.1, 0.15) is 5.56 Å². The first-order chi connectivity index (χ1) is 9.18. The highest BCUT2D eigenvalue weighted by molar-refractivity contribution is 5.58. The number of anilines is 1. The number of non-ortho nitro benzene ring substituents is 1. The second-order valence-electron chi connectivity index (χ2n) is 5.02. The van der Waals surface area contributed by atoms with Crippen LogP contribution in [0, 0.1) is 10.1 Å². The van der Waals surface area contributed by atoms with Crippen molar-refractivity contribution in [3.8, 4) is 0 Å². The predicted octanol–water partition coefficient (Wildman–Crippen LogP) is 2.36. The third-order valence-electron chi connectivity index (χ3n) is 3.40. The largest absolute Gasteiger partial charge is 0.416 e. The molecule has 1 heterocycles. The van der Waals surface area contributed by atoms with E-state index in [2.05, 4.69) is 0 Å². The third kappa shape index (κ3) is 2.84. The Bertz CT molecular complexity index is 525. The predicted molar refractivity (Wildman–Crippen MR) is 67.8 cm³/mol. The summed E-state index contributed by atoms with van der Waals surface area (Å²) in [5.74, 6) is 0. The van der Waals surface area contributed by atoms with E-state index in [0.717, 1.165) is 6.07 Å². The fourth-order valence-corrected chi connectivity index (χ4v) is 2.04. The Morgan fingerprint density at radius 3 is 2.35 bits per heavy atom. The number of nitro groups is 1. The molecule has 0 saturated carbocycles. The van der Waals surface area contributed by atoms with Crippen molar-refractivity contribution in [3.63, 3.8) is 0 Å². The number of alkyl halides is 3. The highest BCUT2D eigenvalue weighted by Gasteiger charge is 2.35. The van der Waals surface area contributed by atoms with Gasteiger partial charge in [-0.25, -0.2) is 0 Å². The summed E-state index contributed by atoms with van der Waals surface area (Å²) in [6.07, 6.45) is -4.59. The summed E-state index contributed by atoms with van der Waals surface area (Å²) in [7, 11) is 3.77. The highest BCUT2D eigenvalue weighted by Crippen LogP contribution is 2.36. The summed E-state index contributed by atoms with van der Waals surface area (Å²) in [6.45, 7) is 1.12. The van der Waals surface area contributed by atoms with Gasteiger partial charge in [-0.05, 0) is 20.2 Å². The fraction of sp³-hybridized carbons (Fsp3) is 0.500. The maximum Gasteiger partial charge on any atom is 0.416 e. The Morgan fingerprint density at radius 1 is 1.30 bits per heavy atom. The molecule has 0 radical (unpaired) electrons. The van der Waals surface area contributed by atoms with E-state index >= 15 is 0 Å². The minimum absolute atomic E-state index is 0.240. The van der Waals surface area contributed by atoms with E-state index in [1.54, 1.807) is 4.90 Å². The van der Waals surface area contributed by atoms with Crippen molar-refractivity contribution in [2.24, 2.45) is 0 Å². The molecule has 1 aliphatic heterocycles. The lowest BCUT2D eigenvalue weighted by molar-refractivity contribution is -0.385. The van der Waals surface area contributed by atoms with Crippen LogP contribution in [0.5, 0.6) is 0 Å². The molecule has 110 valence electrons. The van der Waals surface area contributed by atoms with Gasteiger partial charge < -0.3 is 9.80 Å². The van der Waals surface area contributed by atoms with Gasteiger partial charge in [0.25, 0.3) is 5.69 Å². The molecule has 1 fully saturated rings. The van der Waals surface area contributed by atoms with E-state index < -0.39 is 22.4 Å². The molecule has 1 aliphatic rings. The maximum absolute atomic E-state index is 12.8. The molecule has 1 aromatic rings. The van der Waals surface area contributed by atoms with Crippen LogP contribution in [0.15, 0.2) is 18.2 Å². The van der Waals surface area contributed by atoms with Crippen molar-refractivity contribution in [2.75, 3.05) is 32.1 Å². The number of hydrogen-bond acceptors (Lipinski definition) is 4. The second kappa shape index (κ2) is 4.93. The molecule has 2 rings (SSSR count). The van der Waals surface area contributed by atoms with Gasteiger partial charge in [-0.3, -0.25) is 10.1 Å². The van der Waals surface area contributed by atoms with Crippen LogP contribution in [0.2, 0.25) is 0 Å². The summed E-state index contributed by atoms with van der Waals surface area (Å²) in [6, 6.07) is 2.95. The molecule has 1 saturated heterocycles. The first-order valence-corrected chi connectivity index (χ1v) is 5.96. The smallest absolute Gasteiger partial charge is 0.368 e. The van der Waals surface area contributed by atoms with Gasteiger partial charge >= 0.3 is 6.18 Å². The molecule has 20 heavy (non-hydrogen) atoms. The fourth-order valence-electron chi connectivity index (χ4n) is 2.04. The molecule has 0 aliphatic carbocycles. The first kappa shape index (κ1) is 14.6. The zero-order valence-electron chi connectivity index (χ0n) is 11.0. The van der Waals surface area contributed by atoms with Crippen molar-refractivity contribution in [3.05, 3.63) is 33.9 Å². The molecule has 5 nitrogen and oxygen atoms in total. The van der Waals surface area contributed by atoms with Gasteiger partial charge in [0.05, 0.1) is 10.5 Å². The number of benzene rings is 1. The van der Waals surface area contributed by atoms with Crippen LogP contribution in [0.4, 0.5) is 24.5 Å². The minimum Gasteiger partial charge on any atom is -0.368 e. The van der Waals surface area contributed by atoms with Gasteiger partial charge in [0.2, 0.25) is 0 Å². The molecule has 0 unspecified atom stereocenters. The third-order valence-corrected chi connectivity index (χ3v) is 3.40. The van der Waals surface area contributed by atoms with Gasteiger partial charge in [0, 0.05) is 37.0 Å². The Hall–Kier alpha value is -1.83. The van der Waals surface area contributed by atoms with Gasteiger partial charge in [0.1, 0.15) is 0 Å². The quantitative estimate of drug-likeness (QED) is 0.633. The van der Waals surface area contributed by atoms with E-state index in [0.29, 0.717) is 19.2 Å². The number of rotatable bonds is 3. The molecule has 1 aromatic carbocycles. The normalized spacial score (nSPS) is 16.4. The van der Waals surface area contributed by atoms with Gasteiger partial charge in [-0.15, -0.1) is 0 Å². The van der Waals surface area contributed by atoms with Gasteiger partial charge in [-0.2, -0.15) is 13.2 Å². The number of halogens is 3. The molecule has 0 atom stereocenters. The standard InChI is InChI=1S/C12H14F3N3O2/c1-16(2)11-6-17(7-11)9-3-8(12(13,14)15)4-10(5-9)18(19)20/h3-5,11H,6-7H2,1-2H3. The van der Waals surface area contributed by atoms with Crippen LogP contribution in [0.3, 0.4) is 0 Å². The van der Waals surface area contributed by atoms with E-state index in [1.165, 1.54) is 6.07 Å². The van der Waals surface area contributed by atoms with Gasteiger partial charge in [0.15, 0.2) is 0 Å². The lowest BCUT2D eigenvalue weighted by atomic mass is 10.0. The SMILES string of the molecule is CN(C)C1CN(c2cc([N+](=O)[O-])cc(C(F)(F)F)c2)C1. The first-order valence-electron chi connectivity index (χ1n) is 5.96. The number of likely N-dealkylation sites (N-methyl/N-ethyl adjacent to an activating group) is 1. The number of hydrogen-bond donors (Lipinski definition) is 0. The Morgan fingerprint density at radius 2 is 1.90 bits per heavy atom. The molecule has 0 spiro atoms. The topological polar surface area (TPSA) is 49.6 Å². The number of nitro benzene ring substituents is 1. The molecular formula is C12H14F3N3O2. The van der Waals surface area contributed by atoms with Crippen molar-refractivity contribution in [1.82, 2.24) is 4.90 Å². The van der Waals surface area contributed by atoms with Crippen molar-refractivity contribution >= 4 is 11.4 Å². The highest BCUT2D eigenvalue weighted by atomic mass is 19.4. The number of nitrogens with zero attached hydrogens (tertiary/aromatic N) is 3. The van der Waals surface area contributed by atoms with Gasteiger partial charge in [-0.1, -0.05) is 0 Å². The van der Waals surface area contributed by atoms with E-state index in [-0.39, 0.29) is 11.7 Å². The van der Waals surface area contributed by atoms with Crippen LogP contribution in [-0.4, -0.2) is 43.0 Å². The molecule has 0 amide bonds. The lowest BCUT2D eigenvalue weighted by Gasteiger charge is -2.44. The molecule has 0 N–H and O–H groups in total. The summed E-state index contributed by atoms with van der Waals surface area (Å²) in [5.41, 5.74) is -1.29. The average molecular weight is 289 g/mol. The summed E-state index contributed by atoms with van der Waals surface area (Å²) >= 11 is 0. The van der Waals surface area contributed by atoms with E-state index in [9.17, 15) is 23.3 Å². The van der Waals surface area contributed by atoms with Crippen molar-refractivity contribution in [2.45, 2.75) is 12.2 Å². The minimum atomic E-state index is -4.59. The zero-order chi connectivity index (χ0) is 15.1. The summed E-state index contributed by atoms with van der Waals surface area (Å²) in [4.78, 5) is 13.6. The average Bonchev–Trinajstić information content (AvgIpc) is 2.24. The Balaban J connectivity index is 2.30. The van der Waals surface area contributed by atoms with Crippen LogP contribution in [-0.2, 0) is 6.18 Å². The maximum atomic E-state index is 12.8. The molecule has 0 bridgehead atoms. The van der Waals surface area contributed by atoms with Crippen LogP contribution < -0.4 is 4.90 Å². The monoisotopic (exact) mass is 289 g/mol. The second-order valence-corrected chi connectivity index (χ2v) is 5.02. The zero-order valence-corrected chi connectivity index (χ0v) is 11.0. The van der Waals surface area contributed by atoms with E-state index in [1.807, 2.05) is 19.0 Å². The Labute approximate surface area is 113 Å². The molecule has 8 heteroatoms. The van der Waals surface area contributed by atoms with E-state index in [4.69, 9.17) is 0 Å². The summed E-state index contributed by atoms with van der Waals surface area (Å²) in [5, 5.41) is 10.7. The Kier molecular flexibility index (Phi) is 3.59. The van der Waals surface area contributed by atoms with Crippen LogP contribution >= 0.6 is 0 Å².